The van der Waals surface area contributed by atoms with Crippen LogP contribution in [0, 0.1) is 0 Å². The van der Waals surface area contributed by atoms with Crippen LogP contribution in [0.5, 0.6) is 0 Å². The molecule has 7 nitrogen and oxygen atoms in total. The van der Waals surface area contributed by atoms with E-state index >= 15 is 0 Å². The SMILES string of the molecule is CCOCCOC(C)C(=O)NCc1ccc(S(N)(=O)=O)s1. The van der Waals surface area contributed by atoms with Gasteiger partial charge in [-0.15, -0.1) is 11.3 Å². The summed E-state index contributed by atoms with van der Waals surface area (Å²) in [6.07, 6.45) is -0.594. The molecule has 120 valence electrons. The number of hydrogen-bond acceptors (Lipinski definition) is 6. The summed E-state index contributed by atoms with van der Waals surface area (Å²) < 4.78 is 32.8. The molecule has 0 aliphatic carbocycles. The van der Waals surface area contributed by atoms with E-state index in [0.717, 1.165) is 11.3 Å². The Morgan fingerprint density at radius 3 is 2.71 bits per heavy atom. The molecule has 1 unspecified atom stereocenters. The van der Waals surface area contributed by atoms with Gasteiger partial charge in [-0.3, -0.25) is 4.79 Å². The minimum absolute atomic E-state index is 0.0766. The number of thiophene rings is 1. The first-order valence-corrected chi connectivity index (χ1v) is 8.79. The molecule has 1 aromatic rings. The lowest BCUT2D eigenvalue weighted by Crippen LogP contribution is -2.34. The molecule has 1 aromatic heterocycles. The van der Waals surface area contributed by atoms with Gasteiger partial charge in [0.2, 0.25) is 15.9 Å². The molecule has 0 aliphatic heterocycles. The fourth-order valence-corrected chi connectivity index (χ4v) is 3.15. The van der Waals surface area contributed by atoms with Gasteiger partial charge in [0.05, 0.1) is 19.8 Å². The van der Waals surface area contributed by atoms with Crippen LogP contribution in [-0.2, 0) is 30.8 Å². The maximum absolute atomic E-state index is 11.8. The number of ether oxygens (including phenoxy) is 2. The summed E-state index contributed by atoms with van der Waals surface area (Å²) in [5, 5.41) is 7.69. The topological polar surface area (TPSA) is 108 Å². The molecule has 0 spiro atoms. The van der Waals surface area contributed by atoms with Gasteiger partial charge in [0.1, 0.15) is 10.3 Å². The monoisotopic (exact) mass is 336 g/mol. The second-order valence-corrected chi connectivity index (χ2v) is 7.15. The normalized spacial score (nSPS) is 13.1. The average molecular weight is 336 g/mol. The molecule has 1 heterocycles. The van der Waals surface area contributed by atoms with Crippen LogP contribution in [0.1, 0.15) is 18.7 Å². The number of rotatable bonds is 9. The number of hydrogen-bond donors (Lipinski definition) is 2. The van der Waals surface area contributed by atoms with Crippen molar-refractivity contribution in [3.8, 4) is 0 Å². The van der Waals surface area contributed by atoms with Crippen molar-refractivity contribution in [2.75, 3.05) is 19.8 Å². The molecule has 0 fully saturated rings. The van der Waals surface area contributed by atoms with Gasteiger partial charge in [-0.1, -0.05) is 0 Å². The average Bonchev–Trinajstić information content (AvgIpc) is 2.89. The number of primary sulfonamides is 1. The lowest BCUT2D eigenvalue weighted by molar-refractivity contribution is -0.132. The van der Waals surface area contributed by atoms with Gasteiger partial charge < -0.3 is 14.8 Å². The first kappa shape index (κ1) is 18.1. The molecule has 0 saturated heterocycles. The highest BCUT2D eigenvalue weighted by molar-refractivity contribution is 7.91. The summed E-state index contributed by atoms with van der Waals surface area (Å²) >= 11 is 1.03. The molecule has 0 saturated carbocycles. The van der Waals surface area contributed by atoms with Crippen molar-refractivity contribution < 1.29 is 22.7 Å². The van der Waals surface area contributed by atoms with E-state index in [2.05, 4.69) is 5.32 Å². The van der Waals surface area contributed by atoms with Crippen LogP contribution < -0.4 is 10.5 Å². The van der Waals surface area contributed by atoms with Gasteiger partial charge in [0, 0.05) is 11.5 Å². The summed E-state index contributed by atoms with van der Waals surface area (Å²) in [6.45, 7) is 5.15. The smallest absolute Gasteiger partial charge is 0.249 e. The Labute approximate surface area is 128 Å². The molecule has 1 rings (SSSR count). The summed E-state index contributed by atoms with van der Waals surface area (Å²) in [6, 6.07) is 3.04. The zero-order valence-electron chi connectivity index (χ0n) is 12.0. The van der Waals surface area contributed by atoms with Crippen LogP contribution in [0.4, 0.5) is 0 Å². The van der Waals surface area contributed by atoms with E-state index in [1.54, 1.807) is 13.0 Å². The third kappa shape index (κ3) is 6.53. The van der Waals surface area contributed by atoms with Crippen molar-refractivity contribution in [2.45, 2.75) is 30.7 Å². The van der Waals surface area contributed by atoms with E-state index in [4.69, 9.17) is 14.6 Å². The fraction of sp³-hybridized carbons (Fsp3) is 0.583. The first-order chi connectivity index (χ1) is 9.84. The Morgan fingerprint density at radius 2 is 2.14 bits per heavy atom. The van der Waals surface area contributed by atoms with E-state index in [1.807, 2.05) is 6.92 Å². The Morgan fingerprint density at radius 1 is 1.43 bits per heavy atom. The number of amides is 1. The molecule has 9 heteroatoms. The second kappa shape index (κ2) is 8.44. The van der Waals surface area contributed by atoms with Crippen molar-refractivity contribution >= 4 is 27.3 Å². The lowest BCUT2D eigenvalue weighted by atomic mass is 10.3. The van der Waals surface area contributed by atoms with E-state index in [-0.39, 0.29) is 16.7 Å². The molecular weight excluding hydrogens is 316 g/mol. The van der Waals surface area contributed by atoms with Crippen LogP contribution >= 0.6 is 11.3 Å². The number of sulfonamides is 1. The van der Waals surface area contributed by atoms with Crippen LogP contribution in [0.25, 0.3) is 0 Å². The van der Waals surface area contributed by atoms with Crippen LogP contribution in [0.2, 0.25) is 0 Å². The highest BCUT2D eigenvalue weighted by Crippen LogP contribution is 2.19. The highest BCUT2D eigenvalue weighted by atomic mass is 32.2. The van der Waals surface area contributed by atoms with E-state index in [1.165, 1.54) is 6.07 Å². The van der Waals surface area contributed by atoms with Gasteiger partial charge in [-0.25, -0.2) is 13.6 Å². The molecule has 0 aliphatic rings. The zero-order valence-corrected chi connectivity index (χ0v) is 13.6. The van der Waals surface area contributed by atoms with Crippen molar-refractivity contribution in [1.82, 2.24) is 5.32 Å². The van der Waals surface area contributed by atoms with Crippen LogP contribution in [-0.4, -0.2) is 40.2 Å². The van der Waals surface area contributed by atoms with Crippen LogP contribution in [0.15, 0.2) is 16.3 Å². The summed E-state index contributed by atoms with van der Waals surface area (Å²) in [4.78, 5) is 12.5. The molecular formula is C12H20N2O5S2. The number of carbonyl (C=O) groups is 1. The molecule has 0 radical (unpaired) electrons. The van der Waals surface area contributed by atoms with Gasteiger partial charge in [0.15, 0.2) is 0 Å². The van der Waals surface area contributed by atoms with Crippen molar-refractivity contribution in [3.05, 3.63) is 17.0 Å². The van der Waals surface area contributed by atoms with Crippen molar-refractivity contribution in [1.29, 1.82) is 0 Å². The third-order valence-electron chi connectivity index (χ3n) is 2.52. The molecule has 1 atom stereocenters. The van der Waals surface area contributed by atoms with Gasteiger partial charge in [0.25, 0.3) is 0 Å². The minimum Gasteiger partial charge on any atom is -0.379 e. The number of nitrogens with one attached hydrogen (secondary N) is 1. The van der Waals surface area contributed by atoms with E-state index in [9.17, 15) is 13.2 Å². The van der Waals surface area contributed by atoms with E-state index < -0.39 is 16.1 Å². The number of carbonyl (C=O) groups excluding carboxylic acids is 1. The molecule has 3 N–H and O–H groups in total. The molecule has 21 heavy (non-hydrogen) atoms. The highest BCUT2D eigenvalue weighted by Gasteiger charge is 2.15. The van der Waals surface area contributed by atoms with Crippen molar-refractivity contribution in [3.63, 3.8) is 0 Å². The maximum Gasteiger partial charge on any atom is 0.249 e. The molecule has 0 bridgehead atoms. The third-order valence-corrected chi connectivity index (χ3v) is 5.05. The minimum atomic E-state index is -3.69. The lowest BCUT2D eigenvalue weighted by Gasteiger charge is -2.12. The quantitative estimate of drug-likeness (QED) is 0.637. The van der Waals surface area contributed by atoms with Gasteiger partial charge in [-0.05, 0) is 26.0 Å². The van der Waals surface area contributed by atoms with Gasteiger partial charge in [-0.2, -0.15) is 0 Å². The van der Waals surface area contributed by atoms with Crippen molar-refractivity contribution in [2.24, 2.45) is 5.14 Å². The summed E-state index contributed by atoms with van der Waals surface area (Å²) in [5.74, 6) is -0.267. The zero-order chi connectivity index (χ0) is 15.9. The Kier molecular flexibility index (Phi) is 7.26. The molecule has 1 amide bonds. The van der Waals surface area contributed by atoms with E-state index in [0.29, 0.717) is 24.7 Å². The fourth-order valence-electron chi connectivity index (χ4n) is 1.43. The second-order valence-electron chi connectivity index (χ2n) is 4.19. The Balaban J connectivity index is 2.37. The Bertz CT molecular complexity index is 556. The summed E-state index contributed by atoms with van der Waals surface area (Å²) in [7, 11) is -3.69. The predicted molar refractivity (Wildman–Crippen MR) is 79.4 cm³/mol. The first-order valence-electron chi connectivity index (χ1n) is 6.43. The molecule has 0 aromatic carbocycles. The summed E-state index contributed by atoms with van der Waals surface area (Å²) in [5.41, 5.74) is 0. The number of nitrogens with two attached hydrogens (primary N) is 1. The standard InChI is InChI=1S/C12H20N2O5S2/c1-3-18-6-7-19-9(2)12(15)14-8-10-4-5-11(20-10)21(13,16)17/h4-5,9H,3,6-8H2,1-2H3,(H,14,15)(H2,13,16,17). The van der Waals surface area contributed by atoms with Gasteiger partial charge >= 0.3 is 0 Å². The predicted octanol–water partition coefficient (Wildman–Crippen LogP) is 0.453. The Hall–Kier alpha value is -1.00. The largest absolute Gasteiger partial charge is 0.379 e. The van der Waals surface area contributed by atoms with Crippen LogP contribution in [0.3, 0.4) is 0 Å². The maximum atomic E-state index is 11.8.